The lowest BCUT2D eigenvalue weighted by Gasteiger charge is -2.34. The van der Waals surface area contributed by atoms with E-state index in [1.54, 1.807) is 35.2 Å². The van der Waals surface area contributed by atoms with Crippen molar-refractivity contribution >= 4 is 23.3 Å². The smallest absolute Gasteiger partial charge is 0.321 e. The van der Waals surface area contributed by atoms with Crippen LogP contribution in [0.15, 0.2) is 78.9 Å². The van der Waals surface area contributed by atoms with Gasteiger partial charge in [0, 0.05) is 49.7 Å². The maximum atomic E-state index is 13.3. The van der Waals surface area contributed by atoms with E-state index in [1.165, 1.54) is 23.8 Å². The molecule has 1 fully saturated rings. The Labute approximate surface area is 186 Å². The molecule has 1 heterocycles. The van der Waals surface area contributed by atoms with Gasteiger partial charge in [0.1, 0.15) is 5.82 Å². The lowest BCUT2D eigenvalue weighted by atomic mass is 10.1. The van der Waals surface area contributed by atoms with Crippen LogP contribution in [0.1, 0.15) is 15.9 Å². The summed E-state index contributed by atoms with van der Waals surface area (Å²) < 4.78 is 13.3. The van der Waals surface area contributed by atoms with Crippen molar-refractivity contribution in [3.05, 3.63) is 95.8 Å². The first-order valence-electron chi connectivity index (χ1n) is 10.6. The summed E-state index contributed by atoms with van der Waals surface area (Å²) in [6.45, 7) is 3.76. The molecule has 1 aliphatic rings. The maximum absolute atomic E-state index is 13.3. The van der Waals surface area contributed by atoms with Crippen molar-refractivity contribution < 1.29 is 14.0 Å². The van der Waals surface area contributed by atoms with E-state index in [2.05, 4.69) is 27.7 Å². The molecule has 4 rings (SSSR count). The molecule has 0 unspecified atom stereocenters. The Morgan fingerprint density at radius 2 is 1.47 bits per heavy atom. The third-order valence-electron chi connectivity index (χ3n) is 5.37. The number of benzene rings is 3. The lowest BCUT2D eigenvalue weighted by Crippen LogP contribution is -2.49. The van der Waals surface area contributed by atoms with Crippen LogP contribution < -0.4 is 10.6 Å². The minimum absolute atomic E-state index is 0.188. The van der Waals surface area contributed by atoms with E-state index in [-0.39, 0.29) is 11.9 Å². The molecular formula is C25H25FN4O2. The van der Waals surface area contributed by atoms with Crippen molar-refractivity contribution in [3.8, 4) is 0 Å². The van der Waals surface area contributed by atoms with Gasteiger partial charge in [-0.3, -0.25) is 9.69 Å². The van der Waals surface area contributed by atoms with Crippen LogP contribution in [0, 0.1) is 5.82 Å². The van der Waals surface area contributed by atoms with Crippen LogP contribution in [-0.2, 0) is 6.54 Å². The predicted octanol–water partition coefficient (Wildman–Crippen LogP) is 4.43. The Hall–Kier alpha value is -3.71. The first kappa shape index (κ1) is 21.5. The number of rotatable bonds is 5. The van der Waals surface area contributed by atoms with Gasteiger partial charge in [-0.1, -0.05) is 42.5 Å². The molecule has 2 N–H and O–H groups in total. The van der Waals surface area contributed by atoms with E-state index in [4.69, 9.17) is 0 Å². The second-order valence-corrected chi connectivity index (χ2v) is 7.72. The van der Waals surface area contributed by atoms with Crippen molar-refractivity contribution in [2.45, 2.75) is 6.54 Å². The van der Waals surface area contributed by atoms with Gasteiger partial charge in [0.15, 0.2) is 0 Å². The molecule has 6 nitrogen and oxygen atoms in total. The zero-order valence-electron chi connectivity index (χ0n) is 17.6. The minimum Gasteiger partial charge on any atom is -0.322 e. The second-order valence-electron chi connectivity index (χ2n) is 7.72. The molecule has 0 radical (unpaired) electrons. The molecule has 1 saturated heterocycles. The molecular weight excluding hydrogens is 407 g/mol. The fraction of sp³-hybridized carbons (Fsp3) is 0.200. The van der Waals surface area contributed by atoms with Crippen LogP contribution in [0.3, 0.4) is 0 Å². The van der Waals surface area contributed by atoms with E-state index in [0.29, 0.717) is 30.0 Å². The Kier molecular flexibility index (Phi) is 6.77. The standard InChI is InChI=1S/C25H25FN4O2/c26-21-9-5-11-23(17-21)27-24(31)20-8-4-10-22(16-20)28-25(32)30-14-12-29(13-15-30)18-19-6-2-1-3-7-19/h1-11,16-17H,12-15,18H2,(H,27,31)(H,28,32). The summed E-state index contributed by atoms with van der Waals surface area (Å²) in [5.74, 6) is -0.797. The molecule has 32 heavy (non-hydrogen) atoms. The number of carbonyl (C=O) groups is 2. The van der Waals surface area contributed by atoms with Gasteiger partial charge in [-0.25, -0.2) is 9.18 Å². The van der Waals surface area contributed by atoms with E-state index in [9.17, 15) is 14.0 Å². The van der Waals surface area contributed by atoms with E-state index >= 15 is 0 Å². The number of nitrogens with zero attached hydrogens (tertiary/aromatic N) is 2. The number of urea groups is 1. The van der Waals surface area contributed by atoms with E-state index in [0.717, 1.165) is 19.6 Å². The monoisotopic (exact) mass is 432 g/mol. The summed E-state index contributed by atoms with van der Waals surface area (Å²) in [4.78, 5) is 29.3. The Morgan fingerprint density at radius 3 is 2.19 bits per heavy atom. The highest BCUT2D eigenvalue weighted by atomic mass is 19.1. The largest absolute Gasteiger partial charge is 0.322 e. The number of hydrogen-bond acceptors (Lipinski definition) is 3. The van der Waals surface area contributed by atoms with E-state index in [1.807, 2.05) is 18.2 Å². The third kappa shape index (κ3) is 5.70. The average molecular weight is 432 g/mol. The van der Waals surface area contributed by atoms with Gasteiger partial charge in [0.2, 0.25) is 0 Å². The zero-order valence-corrected chi connectivity index (χ0v) is 17.6. The topological polar surface area (TPSA) is 64.7 Å². The molecule has 0 spiro atoms. The predicted molar refractivity (Wildman–Crippen MR) is 123 cm³/mol. The SMILES string of the molecule is O=C(Nc1cccc(F)c1)c1cccc(NC(=O)N2CCN(Cc3ccccc3)CC2)c1. The molecule has 3 aromatic carbocycles. The van der Waals surface area contributed by atoms with Crippen LogP contribution in [-0.4, -0.2) is 47.9 Å². The second kappa shape index (κ2) is 10.1. The molecule has 0 atom stereocenters. The molecule has 0 bridgehead atoms. The number of carbonyl (C=O) groups excluding carboxylic acids is 2. The van der Waals surface area contributed by atoms with Gasteiger partial charge in [-0.2, -0.15) is 0 Å². The van der Waals surface area contributed by atoms with Crippen LogP contribution in [0.4, 0.5) is 20.6 Å². The number of hydrogen-bond donors (Lipinski definition) is 2. The number of piperazine rings is 1. The van der Waals surface area contributed by atoms with Crippen molar-refractivity contribution in [1.29, 1.82) is 0 Å². The highest BCUT2D eigenvalue weighted by Crippen LogP contribution is 2.16. The van der Waals surface area contributed by atoms with Gasteiger partial charge in [-0.05, 0) is 42.0 Å². The van der Waals surface area contributed by atoms with Gasteiger partial charge in [0.05, 0.1) is 0 Å². The summed E-state index contributed by atoms with van der Waals surface area (Å²) in [5, 5.41) is 5.53. The summed E-state index contributed by atoms with van der Waals surface area (Å²) >= 11 is 0. The number of anilines is 2. The highest BCUT2D eigenvalue weighted by Gasteiger charge is 2.21. The quantitative estimate of drug-likeness (QED) is 0.627. The number of nitrogens with one attached hydrogen (secondary N) is 2. The fourth-order valence-corrected chi connectivity index (χ4v) is 3.66. The summed E-state index contributed by atoms with van der Waals surface area (Å²) in [6, 6.07) is 22.5. The number of amides is 3. The molecule has 3 aromatic rings. The van der Waals surface area contributed by atoms with Crippen LogP contribution in [0.5, 0.6) is 0 Å². The molecule has 1 aliphatic heterocycles. The van der Waals surface area contributed by atoms with Crippen molar-refractivity contribution in [2.24, 2.45) is 0 Å². The first-order chi connectivity index (χ1) is 15.6. The molecule has 0 aliphatic carbocycles. The Balaban J connectivity index is 1.30. The van der Waals surface area contributed by atoms with Gasteiger partial charge in [0.25, 0.3) is 5.91 Å². The molecule has 164 valence electrons. The van der Waals surface area contributed by atoms with Gasteiger partial charge >= 0.3 is 6.03 Å². The molecule has 0 saturated carbocycles. The van der Waals surface area contributed by atoms with E-state index < -0.39 is 5.82 Å². The van der Waals surface area contributed by atoms with Gasteiger partial charge < -0.3 is 15.5 Å². The summed E-state index contributed by atoms with van der Waals surface area (Å²) in [7, 11) is 0. The third-order valence-corrected chi connectivity index (χ3v) is 5.37. The van der Waals surface area contributed by atoms with Crippen LogP contribution >= 0.6 is 0 Å². The van der Waals surface area contributed by atoms with Crippen LogP contribution in [0.2, 0.25) is 0 Å². The highest BCUT2D eigenvalue weighted by molar-refractivity contribution is 6.05. The normalized spacial score (nSPS) is 14.1. The lowest BCUT2D eigenvalue weighted by molar-refractivity contribution is 0.102. The maximum Gasteiger partial charge on any atom is 0.321 e. The van der Waals surface area contributed by atoms with Crippen LogP contribution in [0.25, 0.3) is 0 Å². The molecule has 7 heteroatoms. The average Bonchev–Trinajstić information content (AvgIpc) is 2.80. The van der Waals surface area contributed by atoms with Crippen molar-refractivity contribution in [1.82, 2.24) is 9.80 Å². The molecule has 0 aromatic heterocycles. The Morgan fingerprint density at radius 1 is 0.781 bits per heavy atom. The van der Waals surface area contributed by atoms with Gasteiger partial charge in [-0.15, -0.1) is 0 Å². The minimum atomic E-state index is -0.423. The number of halogens is 1. The molecule has 3 amide bonds. The first-order valence-corrected chi connectivity index (χ1v) is 10.6. The summed E-state index contributed by atoms with van der Waals surface area (Å²) in [6.07, 6.45) is 0. The van der Waals surface area contributed by atoms with Crippen molar-refractivity contribution in [2.75, 3.05) is 36.8 Å². The summed E-state index contributed by atoms with van der Waals surface area (Å²) in [5.41, 5.74) is 2.55. The van der Waals surface area contributed by atoms with Crippen molar-refractivity contribution in [3.63, 3.8) is 0 Å². The fourth-order valence-electron chi connectivity index (χ4n) is 3.66. The Bertz CT molecular complexity index is 1080. The zero-order chi connectivity index (χ0) is 22.3.